The van der Waals surface area contributed by atoms with Crippen molar-refractivity contribution in [1.82, 2.24) is 20.4 Å². The van der Waals surface area contributed by atoms with Gasteiger partial charge in [-0.3, -0.25) is 4.79 Å². The minimum atomic E-state index is -0.00259. The number of methoxy groups -OCH3 is 1. The van der Waals surface area contributed by atoms with Crippen LogP contribution in [-0.4, -0.2) is 34.7 Å². The van der Waals surface area contributed by atoms with Crippen LogP contribution in [0.4, 0.5) is 0 Å². The van der Waals surface area contributed by atoms with Crippen molar-refractivity contribution >= 4 is 16.8 Å². The number of nitrogens with one attached hydrogen (secondary N) is 2. The zero-order valence-electron chi connectivity index (χ0n) is 17.1. The SMILES string of the molecule is COc1ccc(-c2[nH]c3ccccc3c2CCC(=O)NCCc2nc(C)no2)cc1. The smallest absolute Gasteiger partial charge is 0.228 e. The summed E-state index contributed by atoms with van der Waals surface area (Å²) in [5.74, 6) is 1.94. The van der Waals surface area contributed by atoms with Gasteiger partial charge in [-0.25, -0.2) is 0 Å². The van der Waals surface area contributed by atoms with Crippen LogP contribution >= 0.6 is 0 Å². The number of aromatic amines is 1. The number of carbonyl (C=O) groups is 1. The van der Waals surface area contributed by atoms with Crippen molar-refractivity contribution in [3.63, 3.8) is 0 Å². The van der Waals surface area contributed by atoms with Crippen LogP contribution in [0, 0.1) is 6.92 Å². The molecule has 0 saturated heterocycles. The molecule has 0 aliphatic rings. The lowest BCUT2D eigenvalue weighted by atomic mass is 10.0. The lowest BCUT2D eigenvalue weighted by Gasteiger charge is -2.07. The van der Waals surface area contributed by atoms with Gasteiger partial charge in [-0.05, 0) is 54.8 Å². The van der Waals surface area contributed by atoms with E-state index < -0.39 is 0 Å². The van der Waals surface area contributed by atoms with E-state index in [4.69, 9.17) is 9.26 Å². The summed E-state index contributed by atoms with van der Waals surface area (Å²) < 4.78 is 10.3. The molecule has 0 aliphatic heterocycles. The first-order valence-corrected chi connectivity index (χ1v) is 9.94. The van der Waals surface area contributed by atoms with Gasteiger partial charge in [-0.15, -0.1) is 0 Å². The quantitative estimate of drug-likeness (QED) is 0.466. The standard InChI is InChI=1S/C23H24N4O3/c1-15-25-22(30-27-15)13-14-24-21(28)12-11-19-18-5-3-4-6-20(18)26-23(19)16-7-9-17(29-2)10-8-16/h3-10,26H,11-14H2,1-2H3,(H,24,28). The third-order valence-electron chi connectivity index (χ3n) is 5.03. The number of nitrogens with zero attached hydrogens (tertiary/aromatic N) is 2. The van der Waals surface area contributed by atoms with Crippen LogP contribution in [0.3, 0.4) is 0 Å². The van der Waals surface area contributed by atoms with Crippen molar-refractivity contribution in [3.05, 3.63) is 65.8 Å². The second-order valence-electron chi connectivity index (χ2n) is 7.09. The number of aromatic nitrogens is 3. The largest absolute Gasteiger partial charge is 0.497 e. The Morgan fingerprint density at radius 1 is 1.13 bits per heavy atom. The van der Waals surface area contributed by atoms with E-state index in [0.29, 0.717) is 37.5 Å². The predicted molar refractivity (Wildman–Crippen MR) is 114 cm³/mol. The molecule has 2 heterocycles. The Kier molecular flexibility index (Phi) is 5.79. The molecule has 7 nitrogen and oxygen atoms in total. The fourth-order valence-electron chi connectivity index (χ4n) is 3.54. The van der Waals surface area contributed by atoms with E-state index in [9.17, 15) is 4.79 Å². The van der Waals surface area contributed by atoms with Gasteiger partial charge in [0.05, 0.1) is 7.11 Å². The summed E-state index contributed by atoms with van der Waals surface area (Å²) in [7, 11) is 1.65. The van der Waals surface area contributed by atoms with E-state index in [0.717, 1.165) is 33.5 Å². The van der Waals surface area contributed by atoms with Crippen molar-refractivity contribution in [2.24, 2.45) is 0 Å². The highest BCUT2D eigenvalue weighted by atomic mass is 16.5. The van der Waals surface area contributed by atoms with Crippen molar-refractivity contribution in [1.29, 1.82) is 0 Å². The number of fused-ring (bicyclic) bond motifs is 1. The van der Waals surface area contributed by atoms with Crippen LogP contribution < -0.4 is 10.1 Å². The minimum Gasteiger partial charge on any atom is -0.497 e. The van der Waals surface area contributed by atoms with Gasteiger partial charge in [0.1, 0.15) is 5.75 Å². The topological polar surface area (TPSA) is 93.0 Å². The molecule has 0 fully saturated rings. The number of hydrogen-bond acceptors (Lipinski definition) is 5. The van der Waals surface area contributed by atoms with Gasteiger partial charge in [0.15, 0.2) is 5.82 Å². The van der Waals surface area contributed by atoms with Gasteiger partial charge >= 0.3 is 0 Å². The van der Waals surface area contributed by atoms with Crippen molar-refractivity contribution in [2.45, 2.75) is 26.2 Å². The maximum absolute atomic E-state index is 12.4. The highest BCUT2D eigenvalue weighted by molar-refractivity contribution is 5.91. The molecule has 2 aromatic carbocycles. The van der Waals surface area contributed by atoms with Gasteiger partial charge in [-0.1, -0.05) is 23.4 Å². The molecule has 0 saturated carbocycles. The Bertz CT molecular complexity index is 1140. The molecule has 0 aliphatic carbocycles. The first kappa shape index (κ1) is 19.7. The summed E-state index contributed by atoms with van der Waals surface area (Å²) in [5, 5.41) is 7.82. The van der Waals surface area contributed by atoms with Crippen molar-refractivity contribution in [2.75, 3.05) is 13.7 Å². The zero-order valence-corrected chi connectivity index (χ0v) is 17.1. The number of H-pyrrole nitrogens is 1. The molecule has 0 atom stereocenters. The number of hydrogen-bond donors (Lipinski definition) is 2. The highest BCUT2D eigenvalue weighted by Crippen LogP contribution is 2.32. The summed E-state index contributed by atoms with van der Waals surface area (Å²) in [5.41, 5.74) is 4.30. The van der Waals surface area contributed by atoms with Gasteiger partial charge in [0.2, 0.25) is 11.8 Å². The molecule has 0 unspecified atom stereocenters. The first-order chi connectivity index (χ1) is 14.6. The molecular formula is C23H24N4O3. The summed E-state index contributed by atoms with van der Waals surface area (Å²) in [6.45, 7) is 2.24. The third kappa shape index (κ3) is 4.35. The van der Waals surface area contributed by atoms with Gasteiger partial charge in [-0.2, -0.15) is 4.98 Å². The fourth-order valence-corrected chi connectivity index (χ4v) is 3.54. The molecule has 0 spiro atoms. The van der Waals surface area contributed by atoms with Gasteiger partial charge in [0.25, 0.3) is 0 Å². The van der Waals surface area contributed by atoms with Crippen LogP contribution in [0.1, 0.15) is 23.7 Å². The first-order valence-electron chi connectivity index (χ1n) is 9.94. The number of carbonyl (C=O) groups excluding carboxylic acids is 1. The average Bonchev–Trinajstić information content (AvgIpc) is 3.35. The Morgan fingerprint density at radius 2 is 1.93 bits per heavy atom. The molecule has 0 bridgehead atoms. The molecule has 2 N–H and O–H groups in total. The summed E-state index contributed by atoms with van der Waals surface area (Å²) >= 11 is 0. The second kappa shape index (κ2) is 8.82. The highest BCUT2D eigenvalue weighted by Gasteiger charge is 2.15. The summed E-state index contributed by atoms with van der Waals surface area (Å²) in [6, 6.07) is 16.1. The molecule has 7 heteroatoms. The average molecular weight is 404 g/mol. The molecule has 30 heavy (non-hydrogen) atoms. The maximum Gasteiger partial charge on any atom is 0.228 e. The lowest BCUT2D eigenvalue weighted by Crippen LogP contribution is -2.26. The van der Waals surface area contributed by atoms with Crippen LogP contribution in [0.25, 0.3) is 22.2 Å². The van der Waals surface area contributed by atoms with E-state index in [1.165, 1.54) is 0 Å². The number of benzene rings is 2. The molecule has 4 aromatic rings. The van der Waals surface area contributed by atoms with Crippen LogP contribution in [-0.2, 0) is 17.6 Å². The van der Waals surface area contributed by atoms with Gasteiger partial charge in [0, 0.05) is 36.0 Å². The predicted octanol–water partition coefficient (Wildman–Crippen LogP) is 3.83. The third-order valence-corrected chi connectivity index (χ3v) is 5.03. The molecule has 4 rings (SSSR count). The van der Waals surface area contributed by atoms with E-state index in [-0.39, 0.29) is 5.91 Å². The summed E-state index contributed by atoms with van der Waals surface area (Å²) in [6.07, 6.45) is 1.56. The Hall–Kier alpha value is -3.61. The zero-order chi connectivity index (χ0) is 20.9. The summed E-state index contributed by atoms with van der Waals surface area (Å²) in [4.78, 5) is 20.0. The Balaban J connectivity index is 1.46. The molecule has 1 amide bonds. The number of rotatable bonds is 8. The van der Waals surface area contributed by atoms with Crippen LogP contribution in [0.2, 0.25) is 0 Å². The Labute approximate surface area is 174 Å². The number of para-hydroxylation sites is 1. The van der Waals surface area contributed by atoms with Crippen LogP contribution in [0.15, 0.2) is 53.1 Å². The normalized spacial score (nSPS) is 11.0. The van der Waals surface area contributed by atoms with E-state index in [1.54, 1.807) is 14.0 Å². The molecule has 0 radical (unpaired) electrons. The second-order valence-corrected chi connectivity index (χ2v) is 7.09. The van der Waals surface area contributed by atoms with Crippen molar-refractivity contribution < 1.29 is 14.1 Å². The van der Waals surface area contributed by atoms with Crippen LogP contribution in [0.5, 0.6) is 5.75 Å². The number of amides is 1. The number of ether oxygens (including phenoxy) is 1. The lowest BCUT2D eigenvalue weighted by molar-refractivity contribution is -0.121. The van der Waals surface area contributed by atoms with Crippen molar-refractivity contribution in [3.8, 4) is 17.0 Å². The van der Waals surface area contributed by atoms with Gasteiger partial charge < -0.3 is 19.6 Å². The number of aryl methyl sites for hydroxylation is 2. The van der Waals surface area contributed by atoms with E-state index >= 15 is 0 Å². The maximum atomic E-state index is 12.4. The minimum absolute atomic E-state index is 0.00259. The monoisotopic (exact) mass is 404 g/mol. The molecule has 154 valence electrons. The fraction of sp³-hybridized carbons (Fsp3) is 0.261. The molecular weight excluding hydrogens is 380 g/mol. The van der Waals surface area contributed by atoms with E-state index in [1.807, 2.05) is 36.4 Å². The molecule has 2 aromatic heterocycles. The Morgan fingerprint density at radius 3 is 2.67 bits per heavy atom. The van der Waals surface area contributed by atoms with E-state index in [2.05, 4.69) is 32.6 Å².